The molecule has 0 radical (unpaired) electrons. The van der Waals surface area contributed by atoms with Crippen LogP contribution in [0.25, 0.3) is 5.76 Å². The summed E-state index contributed by atoms with van der Waals surface area (Å²) in [6, 6.07) is 20.3. The molecule has 6 heteroatoms. The van der Waals surface area contributed by atoms with E-state index < -0.39 is 17.7 Å². The molecule has 0 unspecified atom stereocenters. The van der Waals surface area contributed by atoms with E-state index in [1.54, 1.807) is 48.7 Å². The summed E-state index contributed by atoms with van der Waals surface area (Å²) in [7, 11) is 0. The van der Waals surface area contributed by atoms with Crippen molar-refractivity contribution in [2.75, 3.05) is 11.5 Å². The van der Waals surface area contributed by atoms with Crippen molar-refractivity contribution in [3.63, 3.8) is 0 Å². The number of aliphatic hydroxyl groups excluding tert-OH is 1. The van der Waals surface area contributed by atoms with Crippen molar-refractivity contribution in [2.45, 2.75) is 19.4 Å². The van der Waals surface area contributed by atoms with E-state index in [9.17, 15) is 14.7 Å². The van der Waals surface area contributed by atoms with Crippen LogP contribution in [0.1, 0.15) is 30.5 Å². The molecule has 1 amide bonds. The molecular formula is C25H22N2O4. The number of pyridine rings is 1. The SMILES string of the molecule is CCCOc1ccc(/C(O)=C2\C(=O)C(=O)N(c3ccccn3)[C@H]2c2ccccc2)cc1. The Morgan fingerprint density at radius 1 is 1.00 bits per heavy atom. The molecule has 1 atom stereocenters. The van der Waals surface area contributed by atoms with Gasteiger partial charge in [-0.2, -0.15) is 0 Å². The summed E-state index contributed by atoms with van der Waals surface area (Å²) >= 11 is 0. The van der Waals surface area contributed by atoms with E-state index in [0.717, 1.165) is 6.42 Å². The third-order valence-corrected chi connectivity index (χ3v) is 5.06. The first-order valence-corrected chi connectivity index (χ1v) is 10.1. The zero-order valence-electron chi connectivity index (χ0n) is 17.1. The quantitative estimate of drug-likeness (QED) is 0.365. The summed E-state index contributed by atoms with van der Waals surface area (Å²) in [4.78, 5) is 31.6. The maximum Gasteiger partial charge on any atom is 0.301 e. The number of ether oxygens (including phenoxy) is 1. The van der Waals surface area contributed by atoms with Crippen molar-refractivity contribution in [1.29, 1.82) is 0 Å². The van der Waals surface area contributed by atoms with Crippen LogP contribution in [0.2, 0.25) is 0 Å². The van der Waals surface area contributed by atoms with E-state index in [1.165, 1.54) is 4.90 Å². The zero-order valence-corrected chi connectivity index (χ0v) is 17.1. The van der Waals surface area contributed by atoms with Crippen LogP contribution in [-0.2, 0) is 9.59 Å². The second-order valence-electron chi connectivity index (χ2n) is 7.14. The minimum Gasteiger partial charge on any atom is -0.507 e. The van der Waals surface area contributed by atoms with Gasteiger partial charge in [0.25, 0.3) is 5.78 Å². The Labute approximate surface area is 180 Å². The molecule has 1 aliphatic heterocycles. The maximum absolute atomic E-state index is 13.0. The van der Waals surface area contributed by atoms with Crippen LogP contribution in [0.15, 0.2) is 84.6 Å². The summed E-state index contributed by atoms with van der Waals surface area (Å²) in [5.41, 5.74) is 1.17. The van der Waals surface area contributed by atoms with E-state index in [1.807, 2.05) is 37.3 Å². The smallest absolute Gasteiger partial charge is 0.301 e. The molecular weight excluding hydrogens is 392 g/mol. The molecule has 0 saturated carbocycles. The third kappa shape index (κ3) is 3.92. The van der Waals surface area contributed by atoms with Crippen molar-refractivity contribution >= 4 is 23.3 Å². The highest BCUT2D eigenvalue weighted by atomic mass is 16.5. The fourth-order valence-electron chi connectivity index (χ4n) is 3.60. The van der Waals surface area contributed by atoms with Crippen LogP contribution < -0.4 is 9.64 Å². The van der Waals surface area contributed by atoms with Gasteiger partial charge in [-0.1, -0.05) is 43.3 Å². The summed E-state index contributed by atoms with van der Waals surface area (Å²) in [6.45, 7) is 2.61. The number of aliphatic hydroxyl groups is 1. The minimum absolute atomic E-state index is 0.0316. The number of hydrogen-bond acceptors (Lipinski definition) is 5. The van der Waals surface area contributed by atoms with E-state index in [4.69, 9.17) is 4.74 Å². The second-order valence-corrected chi connectivity index (χ2v) is 7.14. The van der Waals surface area contributed by atoms with Crippen molar-refractivity contribution in [1.82, 2.24) is 4.98 Å². The molecule has 2 aromatic carbocycles. The van der Waals surface area contributed by atoms with Crippen LogP contribution in [0.5, 0.6) is 5.75 Å². The standard InChI is InChI=1S/C25H22N2O4/c1-2-16-31-19-13-11-18(12-14-19)23(28)21-22(17-8-4-3-5-9-17)27(25(30)24(21)29)20-10-6-7-15-26-20/h3-15,22,28H,2,16H2,1H3/b23-21+/t22-/m0/s1. The molecule has 0 bridgehead atoms. The molecule has 31 heavy (non-hydrogen) atoms. The number of anilines is 1. The van der Waals surface area contributed by atoms with Crippen molar-refractivity contribution in [2.24, 2.45) is 0 Å². The van der Waals surface area contributed by atoms with E-state index in [0.29, 0.717) is 29.3 Å². The van der Waals surface area contributed by atoms with Crippen LogP contribution in [0, 0.1) is 0 Å². The number of ketones is 1. The first-order chi connectivity index (χ1) is 15.1. The number of carbonyl (C=O) groups is 2. The Bertz CT molecular complexity index is 1110. The number of rotatable bonds is 6. The number of nitrogens with zero attached hydrogens (tertiary/aromatic N) is 2. The van der Waals surface area contributed by atoms with Gasteiger partial charge >= 0.3 is 5.91 Å². The number of hydrogen-bond donors (Lipinski definition) is 1. The van der Waals surface area contributed by atoms with E-state index in [-0.39, 0.29) is 11.3 Å². The summed E-state index contributed by atoms with van der Waals surface area (Å²) in [5.74, 6) is -0.680. The summed E-state index contributed by atoms with van der Waals surface area (Å²) in [6.07, 6.45) is 2.45. The Hall–Kier alpha value is -3.93. The first-order valence-electron chi connectivity index (χ1n) is 10.1. The molecule has 1 aromatic heterocycles. The Balaban J connectivity index is 1.82. The number of amides is 1. The van der Waals surface area contributed by atoms with Gasteiger partial charge in [-0.3, -0.25) is 14.5 Å². The highest BCUT2D eigenvalue weighted by Gasteiger charge is 2.47. The van der Waals surface area contributed by atoms with Crippen molar-refractivity contribution < 1.29 is 19.4 Å². The lowest BCUT2D eigenvalue weighted by molar-refractivity contribution is -0.132. The molecule has 0 aliphatic carbocycles. The van der Waals surface area contributed by atoms with Crippen LogP contribution in [0.3, 0.4) is 0 Å². The molecule has 1 N–H and O–H groups in total. The molecule has 6 nitrogen and oxygen atoms in total. The average molecular weight is 414 g/mol. The third-order valence-electron chi connectivity index (χ3n) is 5.06. The zero-order chi connectivity index (χ0) is 21.8. The van der Waals surface area contributed by atoms with Gasteiger partial charge in [-0.25, -0.2) is 4.98 Å². The number of carbonyl (C=O) groups excluding carboxylic acids is 2. The highest BCUT2D eigenvalue weighted by Crippen LogP contribution is 2.41. The monoisotopic (exact) mass is 414 g/mol. The van der Waals surface area contributed by atoms with Gasteiger partial charge in [0.2, 0.25) is 0 Å². The van der Waals surface area contributed by atoms with Gasteiger partial charge in [0.15, 0.2) is 0 Å². The molecule has 3 aromatic rings. The lowest BCUT2D eigenvalue weighted by Gasteiger charge is -2.24. The number of benzene rings is 2. The molecule has 2 heterocycles. The summed E-state index contributed by atoms with van der Waals surface area (Å²) in [5, 5.41) is 11.1. The average Bonchev–Trinajstić information content (AvgIpc) is 3.09. The van der Waals surface area contributed by atoms with Crippen molar-refractivity contribution in [3.05, 3.63) is 95.7 Å². The largest absolute Gasteiger partial charge is 0.507 e. The molecule has 1 aliphatic rings. The van der Waals surface area contributed by atoms with Crippen LogP contribution >= 0.6 is 0 Å². The van der Waals surface area contributed by atoms with Crippen LogP contribution in [-0.4, -0.2) is 28.4 Å². The van der Waals surface area contributed by atoms with E-state index >= 15 is 0 Å². The molecule has 4 rings (SSSR count). The fraction of sp³-hybridized carbons (Fsp3) is 0.160. The second kappa shape index (κ2) is 8.83. The Kier molecular flexibility index (Phi) is 5.80. The normalized spacial score (nSPS) is 17.7. The minimum atomic E-state index is -0.785. The summed E-state index contributed by atoms with van der Waals surface area (Å²) < 4.78 is 5.58. The van der Waals surface area contributed by atoms with Gasteiger partial charge in [0, 0.05) is 11.8 Å². The lowest BCUT2D eigenvalue weighted by Crippen LogP contribution is -2.30. The van der Waals surface area contributed by atoms with Gasteiger partial charge in [-0.05, 0) is 48.4 Å². The Morgan fingerprint density at radius 2 is 1.71 bits per heavy atom. The van der Waals surface area contributed by atoms with Gasteiger partial charge in [0.1, 0.15) is 17.3 Å². The fourth-order valence-corrected chi connectivity index (χ4v) is 3.60. The molecule has 1 saturated heterocycles. The van der Waals surface area contributed by atoms with Crippen molar-refractivity contribution in [3.8, 4) is 5.75 Å². The van der Waals surface area contributed by atoms with E-state index in [2.05, 4.69) is 4.98 Å². The topological polar surface area (TPSA) is 79.7 Å². The number of Topliss-reactive ketones (excluding diaryl/α,β-unsaturated/α-hetero) is 1. The van der Waals surface area contributed by atoms with Gasteiger partial charge in [-0.15, -0.1) is 0 Å². The van der Waals surface area contributed by atoms with Gasteiger partial charge in [0.05, 0.1) is 18.2 Å². The van der Waals surface area contributed by atoms with Gasteiger partial charge < -0.3 is 9.84 Å². The predicted molar refractivity (Wildman–Crippen MR) is 118 cm³/mol. The first kappa shape index (κ1) is 20.3. The lowest BCUT2D eigenvalue weighted by atomic mass is 9.95. The van der Waals surface area contributed by atoms with Crippen LogP contribution in [0.4, 0.5) is 5.82 Å². The molecule has 1 fully saturated rings. The maximum atomic E-state index is 13.0. The highest BCUT2D eigenvalue weighted by molar-refractivity contribution is 6.51. The predicted octanol–water partition coefficient (Wildman–Crippen LogP) is 4.50. The molecule has 0 spiro atoms. The Morgan fingerprint density at radius 3 is 2.35 bits per heavy atom. The molecule has 156 valence electrons. The number of aromatic nitrogens is 1.